The molecule has 0 fully saturated rings. The molecule has 2 N–H and O–H groups in total. The number of nitrogens with zero attached hydrogens (tertiary/aromatic N) is 4. The summed E-state index contributed by atoms with van der Waals surface area (Å²) in [5, 5.41) is 16.6. The lowest BCUT2D eigenvalue weighted by molar-refractivity contribution is -0.120. The van der Waals surface area contributed by atoms with Gasteiger partial charge in [-0.1, -0.05) is 5.21 Å². The molecule has 1 amide bonds. The van der Waals surface area contributed by atoms with Gasteiger partial charge in [0, 0.05) is 5.71 Å². The van der Waals surface area contributed by atoms with Crippen LogP contribution < -0.4 is 5.43 Å². The van der Waals surface area contributed by atoms with Gasteiger partial charge in [0.15, 0.2) is 5.82 Å². The predicted molar refractivity (Wildman–Crippen MR) is 44.8 cm³/mol. The number of hydrogen-bond donors (Lipinski definition) is 2. The van der Waals surface area contributed by atoms with Crippen molar-refractivity contribution in [3.63, 3.8) is 0 Å². The fraction of sp³-hybridized carbons (Fsp3) is 0.500. The molecule has 70 valence electrons. The summed E-state index contributed by atoms with van der Waals surface area (Å²) in [6, 6.07) is 0. The van der Waals surface area contributed by atoms with Crippen LogP contribution in [0.5, 0.6) is 0 Å². The number of carbonyl (C=O) groups is 1. The van der Waals surface area contributed by atoms with E-state index in [9.17, 15) is 4.79 Å². The zero-order chi connectivity index (χ0) is 9.68. The lowest BCUT2D eigenvalue weighted by Crippen LogP contribution is -2.21. The van der Waals surface area contributed by atoms with E-state index in [4.69, 9.17) is 0 Å². The Hall–Kier alpha value is -1.79. The molecule has 1 heterocycles. The van der Waals surface area contributed by atoms with Crippen LogP contribution in [-0.4, -0.2) is 32.2 Å². The van der Waals surface area contributed by atoms with Crippen LogP contribution in [0.15, 0.2) is 5.10 Å². The standard InChI is InChI=1S/C6H10N6O/c1-4(2)7-10-6(13)3-5-8-11-12-9-5/h3H2,1-2H3,(H,10,13)(H,8,9,11,12). The maximum absolute atomic E-state index is 11.1. The molecule has 0 aromatic carbocycles. The number of rotatable bonds is 3. The Balaban J connectivity index is 2.39. The quantitative estimate of drug-likeness (QED) is 0.475. The second-order valence-corrected chi connectivity index (χ2v) is 2.60. The number of nitrogens with one attached hydrogen (secondary N) is 2. The van der Waals surface area contributed by atoms with Crippen LogP contribution in [-0.2, 0) is 11.2 Å². The zero-order valence-corrected chi connectivity index (χ0v) is 7.40. The Morgan fingerprint density at radius 2 is 2.38 bits per heavy atom. The van der Waals surface area contributed by atoms with E-state index in [-0.39, 0.29) is 12.3 Å². The number of H-pyrrole nitrogens is 1. The van der Waals surface area contributed by atoms with Crippen molar-refractivity contribution in [3.05, 3.63) is 5.82 Å². The highest BCUT2D eigenvalue weighted by atomic mass is 16.2. The van der Waals surface area contributed by atoms with Gasteiger partial charge in [-0.3, -0.25) is 4.79 Å². The lowest BCUT2D eigenvalue weighted by atomic mass is 10.4. The van der Waals surface area contributed by atoms with Crippen LogP contribution in [0.3, 0.4) is 0 Å². The molecule has 0 aliphatic heterocycles. The maximum Gasteiger partial charge on any atom is 0.247 e. The summed E-state index contributed by atoms with van der Waals surface area (Å²) in [4.78, 5) is 11.1. The van der Waals surface area contributed by atoms with Crippen molar-refractivity contribution in [2.45, 2.75) is 20.3 Å². The molecular formula is C6H10N6O. The summed E-state index contributed by atoms with van der Waals surface area (Å²) in [7, 11) is 0. The van der Waals surface area contributed by atoms with Gasteiger partial charge in [0.25, 0.3) is 0 Å². The predicted octanol–water partition coefficient (Wildman–Crippen LogP) is -0.746. The fourth-order valence-corrected chi connectivity index (χ4v) is 0.615. The van der Waals surface area contributed by atoms with E-state index in [1.54, 1.807) is 13.8 Å². The Labute approximate surface area is 74.6 Å². The first kappa shape index (κ1) is 9.30. The Kier molecular flexibility index (Phi) is 3.07. The lowest BCUT2D eigenvalue weighted by Gasteiger charge is -1.95. The van der Waals surface area contributed by atoms with Gasteiger partial charge in [-0.2, -0.15) is 10.3 Å². The zero-order valence-electron chi connectivity index (χ0n) is 7.40. The third kappa shape index (κ3) is 3.41. The van der Waals surface area contributed by atoms with Crippen molar-refractivity contribution in [3.8, 4) is 0 Å². The summed E-state index contributed by atoms with van der Waals surface area (Å²) in [5.74, 6) is 0.0871. The van der Waals surface area contributed by atoms with E-state index in [0.29, 0.717) is 5.82 Å². The Morgan fingerprint density at radius 1 is 1.62 bits per heavy atom. The summed E-state index contributed by atoms with van der Waals surface area (Å²) in [6.45, 7) is 3.57. The van der Waals surface area contributed by atoms with Gasteiger partial charge in [-0.05, 0) is 13.8 Å². The SMILES string of the molecule is CC(C)=NNC(=O)Cc1nn[nH]n1. The van der Waals surface area contributed by atoms with Crippen molar-refractivity contribution >= 4 is 11.6 Å². The third-order valence-electron chi connectivity index (χ3n) is 1.11. The molecule has 0 radical (unpaired) electrons. The van der Waals surface area contributed by atoms with E-state index in [0.717, 1.165) is 5.71 Å². The number of carbonyl (C=O) groups excluding carboxylic acids is 1. The van der Waals surface area contributed by atoms with E-state index in [1.807, 2.05) is 0 Å². The van der Waals surface area contributed by atoms with Gasteiger partial charge in [-0.25, -0.2) is 5.43 Å². The number of amides is 1. The normalized spacial score (nSPS) is 9.38. The van der Waals surface area contributed by atoms with Gasteiger partial charge in [0.05, 0.1) is 6.42 Å². The fourth-order valence-electron chi connectivity index (χ4n) is 0.615. The van der Waals surface area contributed by atoms with Crippen LogP contribution in [0.4, 0.5) is 0 Å². The molecule has 7 nitrogen and oxygen atoms in total. The van der Waals surface area contributed by atoms with E-state index in [2.05, 4.69) is 31.2 Å². The highest BCUT2D eigenvalue weighted by molar-refractivity contribution is 5.83. The molecule has 0 aliphatic rings. The smallest absolute Gasteiger partial charge is 0.247 e. The van der Waals surface area contributed by atoms with Crippen molar-refractivity contribution in [2.24, 2.45) is 5.10 Å². The van der Waals surface area contributed by atoms with E-state index < -0.39 is 0 Å². The van der Waals surface area contributed by atoms with Crippen molar-refractivity contribution in [2.75, 3.05) is 0 Å². The van der Waals surface area contributed by atoms with Gasteiger partial charge < -0.3 is 0 Å². The molecule has 0 bridgehead atoms. The van der Waals surface area contributed by atoms with Crippen LogP contribution >= 0.6 is 0 Å². The molecule has 0 saturated carbocycles. The Bertz CT molecular complexity index is 299. The Morgan fingerprint density at radius 3 is 2.92 bits per heavy atom. The van der Waals surface area contributed by atoms with E-state index in [1.165, 1.54) is 0 Å². The minimum absolute atomic E-state index is 0.0767. The van der Waals surface area contributed by atoms with Gasteiger partial charge >= 0.3 is 0 Å². The van der Waals surface area contributed by atoms with Crippen molar-refractivity contribution in [1.82, 2.24) is 26.0 Å². The van der Waals surface area contributed by atoms with Crippen LogP contribution in [0, 0.1) is 0 Å². The number of tetrazole rings is 1. The highest BCUT2D eigenvalue weighted by Crippen LogP contribution is 1.85. The third-order valence-corrected chi connectivity index (χ3v) is 1.11. The van der Waals surface area contributed by atoms with Crippen LogP contribution in [0.25, 0.3) is 0 Å². The first-order chi connectivity index (χ1) is 6.18. The molecule has 0 saturated heterocycles. The minimum atomic E-state index is -0.261. The number of aromatic nitrogens is 4. The van der Waals surface area contributed by atoms with Crippen LogP contribution in [0.1, 0.15) is 19.7 Å². The average molecular weight is 182 g/mol. The van der Waals surface area contributed by atoms with Gasteiger partial charge in [-0.15, -0.1) is 10.2 Å². The molecule has 0 atom stereocenters. The van der Waals surface area contributed by atoms with Gasteiger partial charge in [0.1, 0.15) is 0 Å². The summed E-state index contributed by atoms with van der Waals surface area (Å²) in [6.07, 6.45) is 0.0767. The maximum atomic E-state index is 11.1. The van der Waals surface area contributed by atoms with Gasteiger partial charge in [0.2, 0.25) is 5.91 Å². The second-order valence-electron chi connectivity index (χ2n) is 2.60. The summed E-state index contributed by atoms with van der Waals surface area (Å²) in [5.41, 5.74) is 3.13. The molecule has 13 heavy (non-hydrogen) atoms. The van der Waals surface area contributed by atoms with Crippen molar-refractivity contribution in [1.29, 1.82) is 0 Å². The number of hydrazone groups is 1. The number of aromatic amines is 1. The van der Waals surface area contributed by atoms with Crippen molar-refractivity contribution < 1.29 is 4.79 Å². The molecule has 0 unspecified atom stereocenters. The first-order valence-electron chi connectivity index (χ1n) is 3.70. The highest BCUT2D eigenvalue weighted by Gasteiger charge is 2.05. The number of hydrogen-bond acceptors (Lipinski definition) is 5. The molecule has 0 aliphatic carbocycles. The second kappa shape index (κ2) is 4.29. The molecule has 1 rings (SSSR count). The van der Waals surface area contributed by atoms with Crippen LogP contribution in [0.2, 0.25) is 0 Å². The monoisotopic (exact) mass is 182 g/mol. The summed E-state index contributed by atoms with van der Waals surface area (Å²) >= 11 is 0. The first-order valence-corrected chi connectivity index (χ1v) is 3.70. The summed E-state index contributed by atoms with van der Waals surface area (Å²) < 4.78 is 0. The topological polar surface area (TPSA) is 95.9 Å². The van der Waals surface area contributed by atoms with E-state index >= 15 is 0 Å². The molecule has 7 heteroatoms. The molecule has 0 spiro atoms. The molecule has 1 aromatic rings. The molecular weight excluding hydrogens is 172 g/mol. The largest absolute Gasteiger partial charge is 0.273 e. The average Bonchev–Trinajstić information content (AvgIpc) is 2.53. The minimum Gasteiger partial charge on any atom is -0.273 e. The molecule has 1 aromatic heterocycles.